The van der Waals surface area contributed by atoms with E-state index in [4.69, 9.17) is 5.11 Å². The Labute approximate surface area is 106 Å². The van der Waals surface area contributed by atoms with Gasteiger partial charge in [0.15, 0.2) is 5.82 Å². The molecule has 1 N–H and O–H groups in total. The molecular weight excluding hydrogens is 232 g/mol. The molecule has 2 heterocycles. The lowest BCUT2D eigenvalue weighted by Crippen LogP contribution is -2.43. The topological polar surface area (TPSA) is 71.2 Å². The summed E-state index contributed by atoms with van der Waals surface area (Å²) in [5.41, 5.74) is -0.0773. The third-order valence-electron chi connectivity index (χ3n) is 4.11. The maximum atomic E-state index is 10.9. The molecule has 0 radical (unpaired) electrons. The maximum Gasteiger partial charge on any atom is 0.407 e. The van der Waals surface area contributed by atoms with Gasteiger partial charge in [-0.3, -0.25) is 0 Å². The van der Waals surface area contributed by atoms with Crippen LogP contribution in [-0.4, -0.2) is 44.0 Å². The van der Waals surface area contributed by atoms with Crippen molar-refractivity contribution in [2.24, 2.45) is 0 Å². The highest BCUT2D eigenvalue weighted by Crippen LogP contribution is 2.36. The minimum Gasteiger partial charge on any atom is -0.465 e. The number of amides is 1. The number of nitrogens with zero attached hydrogens (tertiary/aromatic N) is 4. The predicted octanol–water partition coefficient (Wildman–Crippen LogP) is 1.64. The fraction of sp³-hybridized carbons (Fsp3) is 0.750. The van der Waals surface area contributed by atoms with E-state index >= 15 is 0 Å². The zero-order valence-corrected chi connectivity index (χ0v) is 10.5. The first-order valence-corrected chi connectivity index (χ1v) is 6.48. The zero-order valence-electron chi connectivity index (χ0n) is 10.5. The van der Waals surface area contributed by atoms with Gasteiger partial charge >= 0.3 is 6.09 Å². The molecule has 0 unspecified atom stereocenters. The molecule has 0 atom stereocenters. The van der Waals surface area contributed by atoms with Crippen molar-refractivity contribution < 1.29 is 9.90 Å². The van der Waals surface area contributed by atoms with Crippen molar-refractivity contribution in [1.82, 2.24) is 19.7 Å². The Bertz CT molecular complexity index is 458. The molecule has 18 heavy (non-hydrogen) atoms. The molecule has 1 aromatic rings. The lowest BCUT2D eigenvalue weighted by molar-refractivity contribution is 0.118. The van der Waals surface area contributed by atoms with E-state index in [1.807, 2.05) is 11.0 Å². The van der Waals surface area contributed by atoms with Gasteiger partial charge in [0.25, 0.3) is 0 Å². The first-order valence-electron chi connectivity index (χ1n) is 6.48. The third-order valence-corrected chi connectivity index (χ3v) is 4.11. The zero-order chi connectivity index (χ0) is 12.8. The summed E-state index contributed by atoms with van der Waals surface area (Å²) in [6, 6.07) is 0.550. The van der Waals surface area contributed by atoms with E-state index in [1.54, 1.807) is 0 Å². The van der Waals surface area contributed by atoms with Crippen LogP contribution in [0.25, 0.3) is 0 Å². The van der Waals surface area contributed by atoms with Crippen LogP contribution in [0, 0.1) is 0 Å². The van der Waals surface area contributed by atoms with Crippen molar-refractivity contribution in [2.45, 2.75) is 44.1 Å². The Morgan fingerprint density at radius 3 is 2.67 bits per heavy atom. The van der Waals surface area contributed by atoms with Crippen LogP contribution < -0.4 is 0 Å². The van der Waals surface area contributed by atoms with E-state index in [0.717, 1.165) is 18.7 Å². The summed E-state index contributed by atoms with van der Waals surface area (Å²) in [5, 5.41) is 13.5. The molecule has 1 amide bonds. The third kappa shape index (κ3) is 1.95. The predicted molar refractivity (Wildman–Crippen MR) is 64.5 cm³/mol. The molecule has 2 aliphatic rings. The summed E-state index contributed by atoms with van der Waals surface area (Å²) in [6.07, 6.45) is 5.00. The number of likely N-dealkylation sites (tertiary alicyclic amines) is 1. The highest BCUT2D eigenvalue weighted by atomic mass is 16.4. The van der Waals surface area contributed by atoms with Gasteiger partial charge in [-0.1, -0.05) is 6.92 Å². The molecule has 0 bridgehead atoms. The van der Waals surface area contributed by atoms with E-state index in [1.165, 1.54) is 17.7 Å². The van der Waals surface area contributed by atoms with Gasteiger partial charge in [-0.25, -0.2) is 14.5 Å². The van der Waals surface area contributed by atoms with E-state index in [2.05, 4.69) is 17.0 Å². The summed E-state index contributed by atoms with van der Waals surface area (Å²) < 4.78 is 1.96. The quantitative estimate of drug-likeness (QED) is 0.866. The highest BCUT2D eigenvalue weighted by molar-refractivity contribution is 5.65. The number of carboxylic acid groups (broad SMARTS) is 1. The van der Waals surface area contributed by atoms with Crippen LogP contribution in [0.5, 0.6) is 0 Å². The van der Waals surface area contributed by atoms with Crippen molar-refractivity contribution in [1.29, 1.82) is 0 Å². The van der Waals surface area contributed by atoms with Gasteiger partial charge in [0.1, 0.15) is 6.33 Å². The second-order valence-electron chi connectivity index (χ2n) is 5.61. The average Bonchev–Trinajstić information content (AvgIpc) is 3.07. The molecule has 1 aliphatic carbocycles. The Kier molecular flexibility index (Phi) is 2.53. The smallest absolute Gasteiger partial charge is 0.407 e. The largest absolute Gasteiger partial charge is 0.465 e. The molecule has 0 spiro atoms. The first kappa shape index (κ1) is 11.5. The van der Waals surface area contributed by atoms with Crippen LogP contribution in [0.4, 0.5) is 4.79 Å². The number of hydrogen-bond acceptors (Lipinski definition) is 3. The Morgan fingerprint density at radius 2 is 2.11 bits per heavy atom. The van der Waals surface area contributed by atoms with E-state index in [-0.39, 0.29) is 5.41 Å². The van der Waals surface area contributed by atoms with Gasteiger partial charge in [0.2, 0.25) is 0 Å². The normalized spacial score (nSPS) is 23.1. The molecule has 2 fully saturated rings. The number of aromatic nitrogens is 3. The van der Waals surface area contributed by atoms with Crippen molar-refractivity contribution >= 4 is 6.09 Å². The molecule has 98 valence electrons. The Hall–Kier alpha value is -1.59. The summed E-state index contributed by atoms with van der Waals surface area (Å²) in [6.45, 7) is 3.28. The summed E-state index contributed by atoms with van der Waals surface area (Å²) in [4.78, 5) is 16.8. The number of hydrogen-bond donors (Lipinski definition) is 1. The lowest BCUT2D eigenvalue weighted by Gasteiger charge is -2.36. The molecule has 0 aromatic carbocycles. The van der Waals surface area contributed by atoms with Crippen LogP contribution in [-0.2, 0) is 5.41 Å². The minimum absolute atomic E-state index is 0.0773. The van der Waals surface area contributed by atoms with Crippen LogP contribution >= 0.6 is 0 Å². The van der Waals surface area contributed by atoms with Gasteiger partial charge in [-0.05, 0) is 25.7 Å². The van der Waals surface area contributed by atoms with E-state index in [0.29, 0.717) is 19.1 Å². The number of carbonyl (C=O) groups is 1. The first-order chi connectivity index (χ1) is 8.58. The standard InChI is InChI=1S/C12H18N4O2/c1-12(4-6-15(7-5-12)11(17)18)10-13-8-16(14-10)9-2-3-9/h8-9H,2-7H2,1H3,(H,17,18). The molecule has 1 saturated heterocycles. The molecule has 1 aromatic heterocycles. The van der Waals surface area contributed by atoms with Crippen molar-refractivity contribution in [3.8, 4) is 0 Å². The van der Waals surface area contributed by atoms with Gasteiger partial charge in [-0.2, -0.15) is 5.10 Å². The van der Waals surface area contributed by atoms with Crippen LogP contribution in [0.2, 0.25) is 0 Å². The molecule has 1 aliphatic heterocycles. The molecule has 1 saturated carbocycles. The monoisotopic (exact) mass is 250 g/mol. The van der Waals surface area contributed by atoms with E-state index < -0.39 is 6.09 Å². The minimum atomic E-state index is -0.825. The molecule has 6 nitrogen and oxygen atoms in total. The highest BCUT2D eigenvalue weighted by Gasteiger charge is 2.37. The van der Waals surface area contributed by atoms with Crippen LogP contribution in [0.3, 0.4) is 0 Å². The molecule has 6 heteroatoms. The second kappa shape index (κ2) is 3.96. The molecular formula is C12H18N4O2. The fourth-order valence-corrected chi connectivity index (χ4v) is 2.48. The van der Waals surface area contributed by atoms with Crippen LogP contribution in [0.1, 0.15) is 44.5 Å². The summed E-state index contributed by atoms with van der Waals surface area (Å²) in [5.74, 6) is 0.874. The SMILES string of the molecule is CC1(c2ncn(C3CC3)n2)CCN(C(=O)O)CC1. The van der Waals surface area contributed by atoms with Gasteiger partial charge in [0.05, 0.1) is 6.04 Å². The van der Waals surface area contributed by atoms with E-state index in [9.17, 15) is 4.79 Å². The lowest BCUT2D eigenvalue weighted by atomic mass is 9.80. The van der Waals surface area contributed by atoms with Crippen molar-refractivity contribution in [3.05, 3.63) is 12.2 Å². The maximum absolute atomic E-state index is 10.9. The Balaban J connectivity index is 1.72. The van der Waals surface area contributed by atoms with Crippen molar-refractivity contribution in [3.63, 3.8) is 0 Å². The number of rotatable bonds is 2. The van der Waals surface area contributed by atoms with Crippen LogP contribution in [0.15, 0.2) is 6.33 Å². The summed E-state index contributed by atoms with van der Waals surface area (Å²) in [7, 11) is 0. The fourth-order valence-electron chi connectivity index (χ4n) is 2.48. The average molecular weight is 250 g/mol. The Morgan fingerprint density at radius 1 is 1.44 bits per heavy atom. The van der Waals surface area contributed by atoms with Gasteiger partial charge < -0.3 is 10.0 Å². The number of piperidine rings is 1. The molecule has 3 rings (SSSR count). The van der Waals surface area contributed by atoms with Gasteiger partial charge in [-0.15, -0.1) is 0 Å². The van der Waals surface area contributed by atoms with Gasteiger partial charge in [0, 0.05) is 18.5 Å². The van der Waals surface area contributed by atoms with Crippen molar-refractivity contribution in [2.75, 3.05) is 13.1 Å². The summed E-state index contributed by atoms with van der Waals surface area (Å²) >= 11 is 0. The second-order valence-corrected chi connectivity index (χ2v) is 5.61.